The number of hydroxylamine groups is 1. The van der Waals surface area contributed by atoms with Crippen LogP contribution in [0.3, 0.4) is 0 Å². The maximum absolute atomic E-state index is 13.1. The van der Waals surface area contributed by atoms with Gasteiger partial charge >= 0.3 is 0 Å². The standard InChI is InChI=1S/C12H10FN3OS/c13-8-2-1-3-9(6-8)18-11-7-15-5-4-10(11)12(14)16-17/h1-7,17H,(H2,14,16). The molecule has 0 unspecified atom stereocenters. The number of pyridine rings is 1. The number of benzene rings is 1. The van der Waals surface area contributed by atoms with Gasteiger partial charge in [-0.05, 0) is 24.3 Å². The number of aromatic nitrogens is 1. The molecule has 92 valence electrons. The van der Waals surface area contributed by atoms with Crippen molar-refractivity contribution in [3.63, 3.8) is 0 Å². The maximum Gasteiger partial charge on any atom is 0.150 e. The molecule has 0 radical (unpaired) electrons. The third-order valence-corrected chi connectivity index (χ3v) is 3.22. The van der Waals surface area contributed by atoms with Crippen molar-refractivity contribution < 1.29 is 9.60 Å². The lowest BCUT2D eigenvalue weighted by Crippen LogP contribution is -2.19. The Hall–Kier alpha value is -1.92. The molecule has 0 aliphatic carbocycles. The smallest absolute Gasteiger partial charge is 0.150 e. The average Bonchev–Trinajstić information content (AvgIpc) is 2.38. The van der Waals surface area contributed by atoms with Crippen LogP contribution in [0.4, 0.5) is 4.39 Å². The molecule has 0 aliphatic heterocycles. The molecule has 0 amide bonds. The van der Waals surface area contributed by atoms with Crippen LogP contribution >= 0.6 is 11.8 Å². The zero-order valence-corrected chi connectivity index (χ0v) is 10.0. The van der Waals surface area contributed by atoms with Crippen molar-refractivity contribution in [3.8, 4) is 0 Å². The van der Waals surface area contributed by atoms with Gasteiger partial charge in [-0.3, -0.25) is 21.1 Å². The molecule has 18 heavy (non-hydrogen) atoms. The highest BCUT2D eigenvalue weighted by Crippen LogP contribution is 2.30. The van der Waals surface area contributed by atoms with Gasteiger partial charge < -0.3 is 0 Å². The zero-order chi connectivity index (χ0) is 13.0. The molecule has 1 heterocycles. The summed E-state index contributed by atoms with van der Waals surface area (Å²) in [6.45, 7) is 0. The van der Waals surface area contributed by atoms with Crippen molar-refractivity contribution in [2.75, 3.05) is 0 Å². The average molecular weight is 263 g/mol. The molecule has 0 saturated heterocycles. The topological polar surface area (TPSA) is 69.0 Å². The first-order valence-corrected chi connectivity index (χ1v) is 5.89. The van der Waals surface area contributed by atoms with E-state index in [1.54, 1.807) is 29.9 Å². The van der Waals surface area contributed by atoms with E-state index >= 15 is 0 Å². The Balaban J connectivity index is 2.32. The number of nitrogens with zero attached hydrogens (tertiary/aromatic N) is 1. The monoisotopic (exact) mass is 263 g/mol. The second kappa shape index (κ2) is 5.61. The summed E-state index contributed by atoms with van der Waals surface area (Å²) >= 11 is 1.28. The predicted molar refractivity (Wildman–Crippen MR) is 66.5 cm³/mol. The summed E-state index contributed by atoms with van der Waals surface area (Å²) in [7, 11) is 0. The molecule has 4 nitrogen and oxygen atoms in total. The van der Waals surface area contributed by atoms with Gasteiger partial charge in [0, 0.05) is 27.7 Å². The molecule has 1 aromatic heterocycles. The second-order valence-electron chi connectivity index (χ2n) is 3.42. The van der Waals surface area contributed by atoms with Crippen molar-refractivity contribution in [2.24, 2.45) is 0 Å². The quantitative estimate of drug-likeness (QED) is 0.452. The van der Waals surface area contributed by atoms with Crippen molar-refractivity contribution in [3.05, 3.63) is 54.1 Å². The maximum atomic E-state index is 13.1. The SMILES string of the molecule is N=C(NO)c1ccncc1Sc1cccc(F)c1. The van der Waals surface area contributed by atoms with Gasteiger partial charge in [0.15, 0.2) is 5.84 Å². The third-order valence-electron chi connectivity index (χ3n) is 2.19. The first kappa shape index (κ1) is 12.5. The van der Waals surface area contributed by atoms with E-state index < -0.39 is 0 Å². The van der Waals surface area contributed by atoms with Crippen LogP contribution in [0.5, 0.6) is 0 Å². The lowest BCUT2D eigenvalue weighted by atomic mass is 10.2. The van der Waals surface area contributed by atoms with Crippen LogP contribution in [0.15, 0.2) is 52.5 Å². The predicted octanol–water partition coefficient (Wildman–Crippen LogP) is 2.68. The molecule has 0 saturated carbocycles. The molecule has 2 rings (SSSR count). The first-order valence-electron chi connectivity index (χ1n) is 5.07. The van der Waals surface area contributed by atoms with Gasteiger partial charge in [0.05, 0.1) is 0 Å². The van der Waals surface area contributed by atoms with Crippen LogP contribution in [0.1, 0.15) is 5.56 Å². The van der Waals surface area contributed by atoms with Crippen molar-refractivity contribution in [1.29, 1.82) is 5.41 Å². The van der Waals surface area contributed by atoms with Gasteiger partial charge in [-0.2, -0.15) is 0 Å². The van der Waals surface area contributed by atoms with Crippen LogP contribution < -0.4 is 5.48 Å². The highest BCUT2D eigenvalue weighted by Gasteiger charge is 2.09. The van der Waals surface area contributed by atoms with Crippen molar-refractivity contribution in [1.82, 2.24) is 10.5 Å². The van der Waals surface area contributed by atoms with Crippen LogP contribution in [-0.2, 0) is 0 Å². The summed E-state index contributed by atoms with van der Waals surface area (Å²) in [5.74, 6) is -0.447. The van der Waals surface area contributed by atoms with Crippen LogP contribution in [0.25, 0.3) is 0 Å². The van der Waals surface area contributed by atoms with E-state index in [0.29, 0.717) is 15.4 Å². The van der Waals surface area contributed by atoms with Crippen molar-refractivity contribution in [2.45, 2.75) is 9.79 Å². The molecule has 0 aliphatic rings. The first-order chi connectivity index (χ1) is 8.70. The number of nitrogens with one attached hydrogen (secondary N) is 2. The Morgan fingerprint density at radius 1 is 1.39 bits per heavy atom. The van der Waals surface area contributed by atoms with Gasteiger partial charge in [-0.15, -0.1) is 0 Å². The number of amidine groups is 1. The van der Waals surface area contributed by atoms with E-state index in [4.69, 9.17) is 10.6 Å². The van der Waals surface area contributed by atoms with E-state index in [2.05, 4.69) is 4.98 Å². The summed E-state index contributed by atoms with van der Waals surface area (Å²) in [5.41, 5.74) is 2.29. The molecular weight excluding hydrogens is 253 g/mol. The number of halogens is 1. The molecule has 2 aromatic rings. The normalized spacial score (nSPS) is 10.1. The summed E-state index contributed by atoms with van der Waals surface area (Å²) in [4.78, 5) is 5.33. The minimum Gasteiger partial charge on any atom is -0.290 e. The van der Waals surface area contributed by atoms with E-state index in [0.717, 1.165) is 0 Å². The molecule has 0 spiro atoms. The fourth-order valence-corrected chi connectivity index (χ4v) is 2.35. The largest absolute Gasteiger partial charge is 0.290 e. The highest BCUT2D eigenvalue weighted by molar-refractivity contribution is 7.99. The molecule has 0 fully saturated rings. The Labute approximate surface area is 107 Å². The third kappa shape index (κ3) is 2.85. The summed E-state index contributed by atoms with van der Waals surface area (Å²) < 4.78 is 13.1. The molecule has 0 bridgehead atoms. The van der Waals surface area contributed by atoms with Gasteiger partial charge in [0.1, 0.15) is 5.82 Å². The van der Waals surface area contributed by atoms with Crippen molar-refractivity contribution >= 4 is 17.6 Å². The fourth-order valence-electron chi connectivity index (χ4n) is 1.39. The Morgan fingerprint density at radius 2 is 2.22 bits per heavy atom. The van der Waals surface area contributed by atoms with Crippen LogP contribution in [0.2, 0.25) is 0 Å². The lowest BCUT2D eigenvalue weighted by molar-refractivity contribution is 0.234. The minimum atomic E-state index is -0.319. The molecule has 3 N–H and O–H groups in total. The highest BCUT2D eigenvalue weighted by atomic mass is 32.2. The second-order valence-corrected chi connectivity index (χ2v) is 4.53. The van der Waals surface area contributed by atoms with Gasteiger partial charge in [0.25, 0.3) is 0 Å². The Morgan fingerprint density at radius 3 is 2.94 bits per heavy atom. The molecule has 0 atom stereocenters. The fraction of sp³-hybridized carbons (Fsp3) is 0. The number of rotatable bonds is 3. The molecule has 1 aromatic carbocycles. The van der Waals surface area contributed by atoms with Gasteiger partial charge in [-0.25, -0.2) is 4.39 Å². The summed E-state index contributed by atoms with van der Waals surface area (Å²) in [6, 6.07) is 7.75. The number of hydrogen-bond donors (Lipinski definition) is 3. The van der Waals surface area contributed by atoms with E-state index in [1.807, 2.05) is 0 Å². The van der Waals surface area contributed by atoms with Crippen LogP contribution in [0, 0.1) is 11.2 Å². The van der Waals surface area contributed by atoms with Gasteiger partial charge in [-0.1, -0.05) is 17.8 Å². The zero-order valence-electron chi connectivity index (χ0n) is 9.22. The molecular formula is C12H10FN3OS. The van der Waals surface area contributed by atoms with E-state index in [9.17, 15) is 4.39 Å². The Kier molecular flexibility index (Phi) is 3.91. The summed E-state index contributed by atoms with van der Waals surface area (Å²) in [5, 5.41) is 16.3. The lowest BCUT2D eigenvalue weighted by Gasteiger charge is -2.08. The minimum absolute atomic E-state index is 0.128. The van der Waals surface area contributed by atoms with E-state index in [1.165, 1.54) is 30.1 Å². The Bertz CT molecular complexity index is 577. The summed E-state index contributed by atoms with van der Waals surface area (Å²) in [6.07, 6.45) is 3.09. The van der Waals surface area contributed by atoms with Gasteiger partial charge in [0.2, 0.25) is 0 Å². The van der Waals surface area contributed by atoms with Crippen LogP contribution in [-0.4, -0.2) is 16.0 Å². The van der Waals surface area contributed by atoms with E-state index in [-0.39, 0.29) is 11.7 Å². The number of hydrogen-bond acceptors (Lipinski definition) is 4. The molecule has 6 heteroatoms.